The van der Waals surface area contributed by atoms with Gasteiger partial charge in [-0.25, -0.2) is 0 Å². The molecule has 0 bridgehead atoms. The molecule has 1 N–H and O–H groups in total. The Morgan fingerprint density at radius 1 is 1.37 bits per heavy atom. The summed E-state index contributed by atoms with van der Waals surface area (Å²) in [4.78, 5) is 8.36. The molecule has 3 nitrogen and oxygen atoms in total. The lowest BCUT2D eigenvalue weighted by atomic mass is 10.00. The summed E-state index contributed by atoms with van der Waals surface area (Å²) in [5, 5.41) is 6.89. The van der Waals surface area contributed by atoms with Gasteiger partial charge in [0.2, 0.25) is 0 Å². The fourth-order valence-electron chi connectivity index (χ4n) is 1.94. The summed E-state index contributed by atoms with van der Waals surface area (Å²) in [5.74, 6) is 1.51. The molecule has 0 spiro atoms. The molecule has 0 saturated carbocycles. The maximum atomic E-state index is 8.36. The molecule has 0 fully saturated rings. The van der Waals surface area contributed by atoms with Gasteiger partial charge in [0.15, 0.2) is 0 Å². The normalized spacial score (nSPS) is 12.7. The first kappa shape index (κ1) is 15.0. The summed E-state index contributed by atoms with van der Waals surface area (Å²) in [6.45, 7) is 4.20. The molecule has 0 heterocycles. The number of ether oxygens (including phenoxy) is 1. The molecular weight excluding hydrogens is 240 g/mol. The van der Waals surface area contributed by atoms with Crippen LogP contribution in [-0.4, -0.2) is 18.7 Å². The monoisotopic (exact) mass is 260 g/mol. The van der Waals surface area contributed by atoms with Gasteiger partial charge in [-0.2, -0.15) is 0 Å². The van der Waals surface area contributed by atoms with Gasteiger partial charge in [0.1, 0.15) is 5.75 Å². The van der Waals surface area contributed by atoms with Crippen LogP contribution in [0.25, 0.3) is 6.08 Å². The van der Waals surface area contributed by atoms with E-state index in [1.54, 1.807) is 7.11 Å². The van der Waals surface area contributed by atoms with Gasteiger partial charge < -0.3 is 9.84 Å². The van der Waals surface area contributed by atoms with Gasteiger partial charge in [0.25, 0.3) is 6.47 Å². The largest absolute Gasteiger partial charge is 0.497 e. The highest BCUT2D eigenvalue weighted by Crippen LogP contribution is 2.26. The highest BCUT2D eigenvalue weighted by Gasteiger charge is 2.07. The minimum atomic E-state index is -0.250. The van der Waals surface area contributed by atoms with Crippen LogP contribution in [0.5, 0.6) is 5.75 Å². The van der Waals surface area contributed by atoms with Crippen molar-refractivity contribution in [1.82, 2.24) is 0 Å². The van der Waals surface area contributed by atoms with Crippen LogP contribution in [0, 0.1) is 5.92 Å². The third-order valence-electron chi connectivity index (χ3n) is 2.99. The number of methoxy groups -OCH3 is 1. The first-order valence-electron chi connectivity index (χ1n) is 6.25. The Morgan fingerprint density at radius 3 is 2.63 bits per heavy atom. The zero-order valence-corrected chi connectivity index (χ0v) is 11.6. The van der Waals surface area contributed by atoms with Gasteiger partial charge in [0.05, 0.1) is 7.11 Å². The van der Waals surface area contributed by atoms with E-state index in [0.29, 0.717) is 5.92 Å². The van der Waals surface area contributed by atoms with E-state index >= 15 is 0 Å². The summed E-state index contributed by atoms with van der Waals surface area (Å²) in [6, 6.07) is 6.29. The summed E-state index contributed by atoms with van der Waals surface area (Å²) in [6.07, 6.45) is 7.73. The fraction of sp³-hybridized carbons (Fsp3) is 0.312. The Bertz CT molecular complexity index is 485. The maximum absolute atomic E-state index is 8.36. The molecule has 3 heteroatoms. The highest BCUT2D eigenvalue weighted by atomic mass is 16.5. The molecular formula is C16H20O3. The Kier molecular flexibility index (Phi) is 5.86. The lowest BCUT2D eigenvalue weighted by Crippen LogP contribution is -1.91. The lowest BCUT2D eigenvalue weighted by Gasteiger charge is -2.07. The van der Waals surface area contributed by atoms with Crippen LogP contribution >= 0.6 is 0 Å². The van der Waals surface area contributed by atoms with Crippen molar-refractivity contribution in [2.24, 2.45) is 5.92 Å². The van der Waals surface area contributed by atoms with Crippen LogP contribution in [0.3, 0.4) is 0 Å². The predicted molar refractivity (Wildman–Crippen MR) is 77.3 cm³/mol. The van der Waals surface area contributed by atoms with E-state index in [9.17, 15) is 0 Å². The number of carbonyl (C=O) groups is 1. The van der Waals surface area contributed by atoms with Gasteiger partial charge in [-0.3, -0.25) is 4.79 Å². The standard InChI is InChI=1S/C15H18O.CH2O2/c1-11(2)12-5-4-6-13-10-15(16-3)8-7-14(13)9-12;2-1-3/h4-5,7-11H,6H2,1-3H3;1H,(H,2,3). The molecule has 0 aliphatic heterocycles. The predicted octanol–water partition coefficient (Wildman–Crippen LogP) is 3.55. The van der Waals surface area contributed by atoms with Crippen molar-refractivity contribution in [3.8, 4) is 5.75 Å². The molecule has 0 radical (unpaired) electrons. The SMILES string of the molecule is COc1ccc2c(c1)CC=CC(C(C)C)=C2.O=CO. The summed E-state index contributed by atoms with van der Waals surface area (Å²) in [5.41, 5.74) is 4.05. The van der Waals surface area contributed by atoms with Gasteiger partial charge in [-0.15, -0.1) is 0 Å². The fourth-order valence-corrected chi connectivity index (χ4v) is 1.94. The molecule has 0 amide bonds. The summed E-state index contributed by atoms with van der Waals surface area (Å²) >= 11 is 0. The van der Waals surface area contributed by atoms with Crippen LogP contribution in [0.2, 0.25) is 0 Å². The number of allylic oxidation sites excluding steroid dienone is 3. The topological polar surface area (TPSA) is 46.5 Å². The summed E-state index contributed by atoms with van der Waals surface area (Å²) < 4.78 is 5.25. The minimum Gasteiger partial charge on any atom is -0.497 e. The zero-order valence-electron chi connectivity index (χ0n) is 11.6. The second-order valence-corrected chi connectivity index (χ2v) is 4.58. The van der Waals surface area contributed by atoms with E-state index < -0.39 is 0 Å². The van der Waals surface area contributed by atoms with E-state index in [-0.39, 0.29) is 6.47 Å². The number of hydrogen-bond donors (Lipinski definition) is 1. The van der Waals surface area contributed by atoms with Crippen molar-refractivity contribution >= 4 is 12.5 Å². The van der Waals surface area contributed by atoms with Crippen molar-refractivity contribution in [3.63, 3.8) is 0 Å². The molecule has 1 aromatic rings. The van der Waals surface area contributed by atoms with E-state index in [1.165, 1.54) is 16.7 Å². The van der Waals surface area contributed by atoms with Crippen LogP contribution in [-0.2, 0) is 11.2 Å². The Morgan fingerprint density at radius 2 is 2.05 bits per heavy atom. The average Bonchev–Trinajstić information content (AvgIpc) is 2.60. The van der Waals surface area contributed by atoms with Crippen LogP contribution in [0.15, 0.2) is 35.9 Å². The maximum Gasteiger partial charge on any atom is 0.290 e. The number of benzene rings is 1. The van der Waals surface area contributed by atoms with E-state index in [2.05, 4.69) is 44.2 Å². The van der Waals surface area contributed by atoms with Gasteiger partial charge >= 0.3 is 0 Å². The summed E-state index contributed by atoms with van der Waals surface area (Å²) in [7, 11) is 1.71. The second kappa shape index (κ2) is 7.41. The van der Waals surface area contributed by atoms with Gasteiger partial charge in [-0.1, -0.05) is 38.1 Å². The molecule has 0 aromatic heterocycles. The van der Waals surface area contributed by atoms with E-state index in [1.807, 2.05) is 6.07 Å². The quantitative estimate of drug-likeness (QED) is 0.827. The molecule has 102 valence electrons. The van der Waals surface area contributed by atoms with E-state index in [0.717, 1.165) is 12.2 Å². The number of rotatable bonds is 2. The van der Waals surface area contributed by atoms with Crippen LogP contribution in [0.4, 0.5) is 0 Å². The molecule has 19 heavy (non-hydrogen) atoms. The smallest absolute Gasteiger partial charge is 0.290 e. The number of carboxylic acid groups (broad SMARTS) is 1. The molecule has 0 unspecified atom stereocenters. The van der Waals surface area contributed by atoms with Crippen LogP contribution in [0.1, 0.15) is 25.0 Å². The second-order valence-electron chi connectivity index (χ2n) is 4.58. The van der Waals surface area contributed by atoms with Gasteiger partial charge in [0, 0.05) is 0 Å². The van der Waals surface area contributed by atoms with Crippen molar-refractivity contribution in [3.05, 3.63) is 47.1 Å². The molecule has 0 saturated heterocycles. The highest BCUT2D eigenvalue weighted by molar-refractivity contribution is 5.62. The van der Waals surface area contributed by atoms with E-state index in [4.69, 9.17) is 14.6 Å². The van der Waals surface area contributed by atoms with Crippen molar-refractivity contribution in [1.29, 1.82) is 0 Å². The third kappa shape index (κ3) is 4.28. The Labute approximate surface area is 114 Å². The first-order valence-corrected chi connectivity index (χ1v) is 6.25. The van der Waals surface area contributed by atoms with Crippen LogP contribution < -0.4 is 4.74 Å². The molecule has 1 aromatic carbocycles. The third-order valence-corrected chi connectivity index (χ3v) is 2.99. The van der Waals surface area contributed by atoms with Crippen molar-refractivity contribution < 1.29 is 14.6 Å². The molecule has 2 rings (SSSR count). The Hall–Kier alpha value is -2.03. The average molecular weight is 260 g/mol. The first-order chi connectivity index (χ1) is 9.12. The van der Waals surface area contributed by atoms with Crippen molar-refractivity contribution in [2.75, 3.05) is 7.11 Å². The Balaban J connectivity index is 0.000000550. The molecule has 0 atom stereocenters. The van der Waals surface area contributed by atoms with Gasteiger partial charge in [-0.05, 0) is 41.2 Å². The molecule has 1 aliphatic rings. The minimum absolute atomic E-state index is 0.250. The van der Waals surface area contributed by atoms with Crippen molar-refractivity contribution in [2.45, 2.75) is 20.3 Å². The number of hydrogen-bond acceptors (Lipinski definition) is 2. The lowest BCUT2D eigenvalue weighted by molar-refractivity contribution is -0.122. The number of fused-ring (bicyclic) bond motifs is 1. The molecule has 1 aliphatic carbocycles. The zero-order chi connectivity index (χ0) is 14.3.